The lowest BCUT2D eigenvalue weighted by molar-refractivity contribution is -0.131. The quantitative estimate of drug-likeness (QED) is 0.654. The summed E-state index contributed by atoms with van der Waals surface area (Å²) in [6.07, 6.45) is 1.77. The van der Waals surface area contributed by atoms with Crippen LogP contribution in [0.3, 0.4) is 0 Å². The molecular formula is C21H26BFN2O3. The van der Waals surface area contributed by atoms with Crippen LogP contribution in [0.15, 0.2) is 42.5 Å². The SMILES string of the molecule is CNCc1cccc(C2CCN(C(=O)Cc3ccc(B(O)O)cc3F)CC2)c1. The molecule has 0 spiro atoms. The number of hydrogen-bond acceptors (Lipinski definition) is 4. The van der Waals surface area contributed by atoms with Crippen LogP contribution in [0, 0.1) is 5.82 Å². The maximum absolute atomic E-state index is 14.1. The number of carbonyl (C=O) groups excluding carboxylic acids is 1. The number of likely N-dealkylation sites (tertiary alicyclic amines) is 1. The van der Waals surface area contributed by atoms with Crippen LogP contribution in [0.25, 0.3) is 0 Å². The van der Waals surface area contributed by atoms with E-state index in [0.29, 0.717) is 19.0 Å². The third kappa shape index (κ3) is 4.98. The summed E-state index contributed by atoms with van der Waals surface area (Å²) in [5.41, 5.74) is 2.92. The minimum Gasteiger partial charge on any atom is -0.423 e. The number of nitrogens with one attached hydrogen (secondary N) is 1. The summed E-state index contributed by atoms with van der Waals surface area (Å²) in [7, 11) is 0.212. The average molecular weight is 384 g/mol. The summed E-state index contributed by atoms with van der Waals surface area (Å²) in [6.45, 7) is 2.16. The first-order chi connectivity index (χ1) is 13.5. The largest absolute Gasteiger partial charge is 0.488 e. The van der Waals surface area contributed by atoms with Crippen molar-refractivity contribution >= 4 is 18.5 Å². The van der Waals surface area contributed by atoms with Crippen molar-refractivity contribution in [3.05, 3.63) is 65.0 Å². The van der Waals surface area contributed by atoms with Gasteiger partial charge in [-0.15, -0.1) is 0 Å². The third-order valence-electron chi connectivity index (χ3n) is 5.37. The third-order valence-corrected chi connectivity index (χ3v) is 5.37. The molecule has 1 amide bonds. The van der Waals surface area contributed by atoms with E-state index in [1.165, 1.54) is 23.3 Å². The maximum Gasteiger partial charge on any atom is 0.488 e. The van der Waals surface area contributed by atoms with E-state index in [2.05, 4.69) is 29.6 Å². The summed E-state index contributed by atoms with van der Waals surface area (Å²) >= 11 is 0. The van der Waals surface area contributed by atoms with E-state index in [1.54, 1.807) is 4.90 Å². The van der Waals surface area contributed by atoms with Crippen molar-refractivity contribution in [2.75, 3.05) is 20.1 Å². The molecule has 5 nitrogen and oxygen atoms in total. The van der Waals surface area contributed by atoms with Gasteiger partial charge < -0.3 is 20.3 Å². The summed E-state index contributed by atoms with van der Waals surface area (Å²) in [5.74, 6) is -0.253. The highest BCUT2D eigenvalue weighted by Gasteiger charge is 2.25. The molecule has 1 fully saturated rings. The van der Waals surface area contributed by atoms with Gasteiger partial charge in [0, 0.05) is 19.6 Å². The van der Waals surface area contributed by atoms with Crippen LogP contribution in [-0.2, 0) is 17.8 Å². The number of benzene rings is 2. The van der Waals surface area contributed by atoms with Gasteiger partial charge in [0.1, 0.15) is 5.82 Å². The van der Waals surface area contributed by atoms with E-state index in [4.69, 9.17) is 10.0 Å². The number of piperidine rings is 1. The fraction of sp³-hybridized carbons (Fsp3) is 0.381. The molecule has 3 N–H and O–H groups in total. The molecule has 0 unspecified atom stereocenters. The molecule has 1 saturated heterocycles. The van der Waals surface area contributed by atoms with Crippen molar-refractivity contribution in [1.82, 2.24) is 10.2 Å². The number of rotatable bonds is 6. The van der Waals surface area contributed by atoms with Crippen molar-refractivity contribution in [3.8, 4) is 0 Å². The zero-order valence-electron chi connectivity index (χ0n) is 16.1. The van der Waals surface area contributed by atoms with Gasteiger partial charge in [-0.2, -0.15) is 0 Å². The van der Waals surface area contributed by atoms with Crippen molar-refractivity contribution in [3.63, 3.8) is 0 Å². The van der Waals surface area contributed by atoms with Crippen LogP contribution in [0.1, 0.15) is 35.4 Å². The topological polar surface area (TPSA) is 72.8 Å². The molecule has 2 aromatic carbocycles. The normalized spacial score (nSPS) is 14.9. The van der Waals surface area contributed by atoms with Crippen molar-refractivity contribution in [2.45, 2.75) is 31.7 Å². The smallest absolute Gasteiger partial charge is 0.423 e. The van der Waals surface area contributed by atoms with Crippen LogP contribution >= 0.6 is 0 Å². The van der Waals surface area contributed by atoms with Gasteiger partial charge in [-0.25, -0.2) is 4.39 Å². The lowest BCUT2D eigenvalue weighted by Gasteiger charge is -2.32. The number of hydrogen-bond donors (Lipinski definition) is 3. The van der Waals surface area contributed by atoms with Gasteiger partial charge in [-0.05, 0) is 54.0 Å². The molecule has 0 atom stereocenters. The van der Waals surface area contributed by atoms with Gasteiger partial charge in [0.25, 0.3) is 0 Å². The first-order valence-corrected chi connectivity index (χ1v) is 9.63. The lowest BCUT2D eigenvalue weighted by Crippen LogP contribution is -2.39. The second kappa shape index (κ2) is 9.32. The van der Waals surface area contributed by atoms with Crippen LogP contribution in [0.4, 0.5) is 4.39 Å². The van der Waals surface area contributed by atoms with Crippen LogP contribution in [0.5, 0.6) is 0 Å². The lowest BCUT2D eigenvalue weighted by atomic mass is 9.80. The van der Waals surface area contributed by atoms with E-state index in [0.717, 1.165) is 25.5 Å². The summed E-state index contributed by atoms with van der Waals surface area (Å²) in [5, 5.41) is 21.4. The Morgan fingerprint density at radius 3 is 2.61 bits per heavy atom. The zero-order valence-corrected chi connectivity index (χ0v) is 16.1. The zero-order chi connectivity index (χ0) is 20.1. The van der Waals surface area contributed by atoms with Gasteiger partial charge in [-0.3, -0.25) is 4.79 Å². The Kier molecular flexibility index (Phi) is 6.83. The van der Waals surface area contributed by atoms with Gasteiger partial charge in [0.05, 0.1) is 6.42 Å². The fourth-order valence-corrected chi connectivity index (χ4v) is 3.77. The Morgan fingerprint density at radius 2 is 1.96 bits per heavy atom. The molecular weight excluding hydrogens is 358 g/mol. The second-order valence-corrected chi connectivity index (χ2v) is 7.33. The first kappa shape index (κ1) is 20.5. The Bertz CT molecular complexity index is 823. The van der Waals surface area contributed by atoms with Gasteiger partial charge in [0.2, 0.25) is 5.91 Å². The summed E-state index contributed by atoms with van der Waals surface area (Å²) in [6, 6.07) is 12.5. The number of halogens is 1. The van der Waals surface area contributed by atoms with Crippen LogP contribution in [0.2, 0.25) is 0 Å². The molecule has 28 heavy (non-hydrogen) atoms. The molecule has 0 radical (unpaired) electrons. The van der Waals surface area contributed by atoms with Crippen molar-refractivity contribution in [2.24, 2.45) is 0 Å². The van der Waals surface area contributed by atoms with E-state index in [9.17, 15) is 9.18 Å². The molecule has 7 heteroatoms. The molecule has 1 aliphatic rings. The number of carbonyl (C=O) groups is 1. The Labute approximate surface area is 165 Å². The number of amides is 1. The van der Waals surface area contributed by atoms with Gasteiger partial charge in [-0.1, -0.05) is 36.4 Å². The van der Waals surface area contributed by atoms with E-state index in [-0.39, 0.29) is 23.4 Å². The second-order valence-electron chi connectivity index (χ2n) is 7.33. The minimum absolute atomic E-state index is 0.0179. The minimum atomic E-state index is -1.72. The highest BCUT2D eigenvalue weighted by Crippen LogP contribution is 2.29. The van der Waals surface area contributed by atoms with Crippen molar-refractivity contribution in [1.29, 1.82) is 0 Å². The highest BCUT2D eigenvalue weighted by atomic mass is 19.1. The molecule has 3 rings (SSSR count). The maximum atomic E-state index is 14.1. The molecule has 0 aliphatic carbocycles. The molecule has 2 aromatic rings. The summed E-state index contributed by atoms with van der Waals surface area (Å²) < 4.78 is 14.1. The monoisotopic (exact) mass is 384 g/mol. The van der Waals surface area contributed by atoms with E-state index >= 15 is 0 Å². The Balaban J connectivity index is 1.57. The molecule has 0 saturated carbocycles. The van der Waals surface area contributed by atoms with E-state index in [1.807, 2.05) is 7.05 Å². The molecule has 1 heterocycles. The molecule has 0 aromatic heterocycles. The Morgan fingerprint density at radius 1 is 1.21 bits per heavy atom. The van der Waals surface area contributed by atoms with E-state index < -0.39 is 12.9 Å². The molecule has 1 aliphatic heterocycles. The molecule has 148 valence electrons. The van der Waals surface area contributed by atoms with Crippen molar-refractivity contribution < 1.29 is 19.2 Å². The number of nitrogens with zero attached hydrogens (tertiary/aromatic N) is 1. The summed E-state index contributed by atoms with van der Waals surface area (Å²) in [4.78, 5) is 14.4. The predicted octanol–water partition coefficient (Wildman–Crippen LogP) is 1.17. The van der Waals surface area contributed by atoms with Gasteiger partial charge >= 0.3 is 7.12 Å². The predicted molar refractivity (Wildman–Crippen MR) is 108 cm³/mol. The average Bonchev–Trinajstić information content (AvgIpc) is 2.70. The van der Waals surface area contributed by atoms with Crippen LogP contribution < -0.4 is 10.8 Å². The standard InChI is InChI=1S/C21H26BFN2O3/c1-24-14-15-3-2-4-17(11-15)16-7-9-25(10-8-16)21(26)12-18-5-6-19(22(27)28)13-20(18)23/h2-6,11,13,16,24,27-28H,7-10,12,14H2,1H3. The molecule has 0 bridgehead atoms. The first-order valence-electron chi connectivity index (χ1n) is 9.63. The van der Waals surface area contributed by atoms with Gasteiger partial charge in [0.15, 0.2) is 0 Å². The van der Waals surface area contributed by atoms with Crippen LogP contribution in [-0.4, -0.2) is 48.1 Å². The Hall–Kier alpha value is -2.22. The fourth-order valence-electron chi connectivity index (χ4n) is 3.77. The highest BCUT2D eigenvalue weighted by molar-refractivity contribution is 6.58.